The number of alkyl halides is 1. The molecule has 1 atom stereocenters. The lowest BCUT2D eigenvalue weighted by molar-refractivity contribution is 0.209. The molecule has 0 heterocycles. The van der Waals surface area contributed by atoms with Gasteiger partial charge >= 0.3 is 0 Å². The summed E-state index contributed by atoms with van der Waals surface area (Å²) in [5.74, 6) is 0. The molecule has 0 aromatic heterocycles. The molecule has 0 spiro atoms. The summed E-state index contributed by atoms with van der Waals surface area (Å²) in [6.45, 7) is 0.0735. The third-order valence-corrected chi connectivity index (χ3v) is 0.990. The first-order valence-electron chi connectivity index (χ1n) is 1.70. The minimum Gasteiger partial charge on any atom is -0.396 e. The smallest absolute Gasteiger partial charge is 0.107 e. The van der Waals surface area contributed by atoms with Gasteiger partial charge in [0.1, 0.15) is 4.11 Å². The van der Waals surface area contributed by atoms with Crippen LogP contribution in [0.5, 0.6) is 0 Å². The molecule has 0 fully saturated rings. The molecule has 1 unspecified atom stereocenters. The van der Waals surface area contributed by atoms with Gasteiger partial charge in [0, 0.05) is 13.0 Å². The number of hydrogen-bond acceptors (Lipinski definition) is 2. The van der Waals surface area contributed by atoms with Crippen LogP contribution in [-0.4, -0.2) is 20.9 Å². The Morgan fingerprint density at radius 2 is 2.17 bits per heavy atom. The van der Waals surface area contributed by atoms with E-state index in [1.165, 1.54) is 0 Å². The molecule has 2 N–H and O–H groups in total. The SMILES string of the molecule is OCCC(O)I. The zero-order valence-corrected chi connectivity index (χ0v) is 5.42. The Morgan fingerprint density at radius 1 is 1.67 bits per heavy atom. The van der Waals surface area contributed by atoms with Gasteiger partial charge in [-0.25, -0.2) is 0 Å². The Morgan fingerprint density at radius 3 is 2.17 bits per heavy atom. The van der Waals surface area contributed by atoms with Crippen molar-refractivity contribution in [2.24, 2.45) is 0 Å². The summed E-state index contributed by atoms with van der Waals surface area (Å²) < 4.78 is -0.382. The molecule has 38 valence electrons. The van der Waals surface area contributed by atoms with Gasteiger partial charge in [-0.1, -0.05) is 22.6 Å². The Labute approximate surface area is 50.3 Å². The van der Waals surface area contributed by atoms with Gasteiger partial charge in [-0.3, -0.25) is 0 Å². The third-order valence-electron chi connectivity index (χ3n) is 0.367. The van der Waals surface area contributed by atoms with Crippen LogP contribution < -0.4 is 0 Å². The first kappa shape index (κ1) is 6.65. The Hall–Kier alpha value is 0.650. The molecule has 3 heteroatoms. The average molecular weight is 202 g/mol. The quantitative estimate of drug-likeness (QED) is 0.493. The predicted octanol–water partition coefficient (Wildman–Crippen LogP) is 0.122. The summed E-state index contributed by atoms with van der Waals surface area (Å²) in [7, 11) is 0. The third kappa shape index (κ3) is 4.65. The molecule has 0 radical (unpaired) electrons. The van der Waals surface area contributed by atoms with Gasteiger partial charge < -0.3 is 10.2 Å². The van der Waals surface area contributed by atoms with Crippen molar-refractivity contribution in [1.82, 2.24) is 0 Å². The molecule has 2 nitrogen and oxygen atoms in total. The highest BCUT2D eigenvalue weighted by molar-refractivity contribution is 14.1. The minimum atomic E-state index is -0.382. The van der Waals surface area contributed by atoms with E-state index in [-0.39, 0.29) is 10.7 Å². The van der Waals surface area contributed by atoms with Gasteiger partial charge in [-0.2, -0.15) is 0 Å². The predicted molar refractivity (Wildman–Crippen MR) is 31.7 cm³/mol. The van der Waals surface area contributed by atoms with Crippen LogP contribution in [-0.2, 0) is 0 Å². The summed E-state index contributed by atoms with van der Waals surface area (Å²) in [4.78, 5) is 0. The van der Waals surface area contributed by atoms with Crippen LogP contribution in [0.4, 0.5) is 0 Å². The van der Waals surface area contributed by atoms with Crippen molar-refractivity contribution in [2.75, 3.05) is 6.61 Å². The largest absolute Gasteiger partial charge is 0.396 e. The van der Waals surface area contributed by atoms with E-state index in [2.05, 4.69) is 0 Å². The Bertz CT molecular complexity index is 30.0. The highest BCUT2D eigenvalue weighted by Gasteiger charge is 1.90. The zero-order valence-electron chi connectivity index (χ0n) is 3.26. The fourth-order valence-electron chi connectivity index (χ4n) is 0.107. The molecule has 0 saturated heterocycles. The first-order chi connectivity index (χ1) is 2.77. The highest BCUT2D eigenvalue weighted by Crippen LogP contribution is 1.97. The standard InChI is InChI=1S/C3H7IO2/c4-3(6)1-2-5/h3,5-6H,1-2H2. The molecular weight excluding hydrogens is 195 g/mol. The second kappa shape index (κ2) is 3.83. The van der Waals surface area contributed by atoms with E-state index < -0.39 is 0 Å². The van der Waals surface area contributed by atoms with E-state index in [1.54, 1.807) is 0 Å². The van der Waals surface area contributed by atoms with Crippen LogP contribution in [0.2, 0.25) is 0 Å². The van der Waals surface area contributed by atoms with Gasteiger partial charge in [-0.15, -0.1) is 0 Å². The number of halogens is 1. The summed E-state index contributed by atoms with van der Waals surface area (Å²) in [6.07, 6.45) is 0.473. The molecule has 6 heavy (non-hydrogen) atoms. The summed E-state index contributed by atoms with van der Waals surface area (Å²) in [5.41, 5.74) is 0. The average Bonchev–Trinajstić information content (AvgIpc) is 1.35. The second-order valence-corrected chi connectivity index (χ2v) is 2.38. The van der Waals surface area contributed by atoms with Crippen LogP contribution in [0, 0.1) is 0 Å². The van der Waals surface area contributed by atoms with Gasteiger partial charge in [0.25, 0.3) is 0 Å². The number of aliphatic hydroxyl groups excluding tert-OH is 2. The van der Waals surface area contributed by atoms with E-state index in [0.717, 1.165) is 0 Å². The maximum atomic E-state index is 8.38. The Balaban J connectivity index is 2.63. The van der Waals surface area contributed by atoms with Gasteiger partial charge in [0.05, 0.1) is 0 Å². The van der Waals surface area contributed by atoms with Crippen molar-refractivity contribution in [1.29, 1.82) is 0 Å². The van der Waals surface area contributed by atoms with Gasteiger partial charge in [-0.05, 0) is 0 Å². The zero-order chi connectivity index (χ0) is 4.99. The van der Waals surface area contributed by atoms with Crippen molar-refractivity contribution < 1.29 is 10.2 Å². The molecule has 0 amide bonds. The van der Waals surface area contributed by atoms with Crippen LogP contribution >= 0.6 is 22.6 Å². The minimum absolute atomic E-state index is 0.0735. The van der Waals surface area contributed by atoms with Crippen molar-refractivity contribution in [2.45, 2.75) is 10.5 Å². The number of hydrogen-bond donors (Lipinski definition) is 2. The molecule has 0 aromatic carbocycles. The molecule has 0 aliphatic heterocycles. The monoisotopic (exact) mass is 202 g/mol. The summed E-state index contributed by atoms with van der Waals surface area (Å²) in [5, 5.41) is 16.5. The number of aliphatic hydroxyl groups is 2. The normalized spacial score (nSPS) is 14.5. The van der Waals surface area contributed by atoms with Gasteiger partial charge in [0.15, 0.2) is 0 Å². The molecule has 0 rings (SSSR count). The maximum absolute atomic E-state index is 8.38. The van der Waals surface area contributed by atoms with Crippen LogP contribution in [0.15, 0.2) is 0 Å². The van der Waals surface area contributed by atoms with Crippen molar-refractivity contribution in [3.63, 3.8) is 0 Å². The molecular formula is C3H7IO2. The molecule has 0 aliphatic carbocycles. The van der Waals surface area contributed by atoms with Crippen molar-refractivity contribution in [3.05, 3.63) is 0 Å². The lowest BCUT2D eigenvalue weighted by Gasteiger charge is -1.93. The summed E-state index contributed by atoms with van der Waals surface area (Å²) >= 11 is 1.84. The lowest BCUT2D eigenvalue weighted by Crippen LogP contribution is -1.96. The van der Waals surface area contributed by atoms with Crippen molar-refractivity contribution >= 4 is 22.6 Å². The van der Waals surface area contributed by atoms with Crippen LogP contribution in [0.3, 0.4) is 0 Å². The van der Waals surface area contributed by atoms with E-state index in [4.69, 9.17) is 10.2 Å². The fourth-order valence-corrected chi connectivity index (χ4v) is 0.385. The van der Waals surface area contributed by atoms with Crippen LogP contribution in [0.1, 0.15) is 6.42 Å². The number of rotatable bonds is 2. The first-order valence-corrected chi connectivity index (χ1v) is 2.95. The molecule has 0 aromatic rings. The Kier molecular flexibility index (Phi) is 4.24. The van der Waals surface area contributed by atoms with E-state index >= 15 is 0 Å². The fraction of sp³-hybridized carbons (Fsp3) is 1.00. The molecule has 0 saturated carbocycles. The van der Waals surface area contributed by atoms with Crippen molar-refractivity contribution in [3.8, 4) is 0 Å². The van der Waals surface area contributed by atoms with Crippen LogP contribution in [0.25, 0.3) is 0 Å². The van der Waals surface area contributed by atoms with E-state index in [1.807, 2.05) is 22.6 Å². The van der Waals surface area contributed by atoms with Gasteiger partial charge in [0.2, 0.25) is 0 Å². The molecule has 0 bridgehead atoms. The second-order valence-electron chi connectivity index (χ2n) is 0.947. The lowest BCUT2D eigenvalue weighted by atomic mass is 10.5. The maximum Gasteiger partial charge on any atom is 0.107 e. The molecule has 0 aliphatic rings. The highest BCUT2D eigenvalue weighted by atomic mass is 127. The topological polar surface area (TPSA) is 40.5 Å². The van der Waals surface area contributed by atoms with E-state index in [9.17, 15) is 0 Å². The van der Waals surface area contributed by atoms with E-state index in [0.29, 0.717) is 6.42 Å². The summed E-state index contributed by atoms with van der Waals surface area (Å²) in [6, 6.07) is 0.